The second kappa shape index (κ2) is 4.69. The molecule has 0 saturated carbocycles. The average Bonchev–Trinajstić information content (AvgIpc) is 2.86. The van der Waals surface area contributed by atoms with Gasteiger partial charge in [0.1, 0.15) is 0 Å². The fourth-order valence-corrected chi connectivity index (χ4v) is 3.19. The van der Waals surface area contributed by atoms with Gasteiger partial charge in [0.2, 0.25) is 0 Å². The SMILES string of the molecule is CC1CCc2ccccc2N1CC1CCCN1. The molecule has 3 rings (SSSR count). The molecule has 0 bridgehead atoms. The summed E-state index contributed by atoms with van der Waals surface area (Å²) >= 11 is 0. The maximum atomic E-state index is 3.61. The van der Waals surface area contributed by atoms with Crippen LogP contribution >= 0.6 is 0 Å². The van der Waals surface area contributed by atoms with Crippen molar-refractivity contribution in [3.8, 4) is 0 Å². The minimum absolute atomic E-state index is 0.687. The van der Waals surface area contributed by atoms with E-state index in [0.29, 0.717) is 12.1 Å². The third-order valence-corrected chi connectivity index (χ3v) is 4.24. The summed E-state index contributed by atoms with van der Waals surface area (Å²) in [7, 11) is 0. The van der Waals surface area contributed by atoms with Crippen molar-refractivity contribution in [3.05, 3.63) is 29.8 Å². The Labute approximate surface area is 104 Å². The molecule has 2 unspecified atom stereocenters. The van der Waals surface area contributed by atoms with Crippen molar-refractivity contribution in [2.75, 3.05) is 18.0 Å². The molecule has 92 valence electrons. The van der Waals surface area contributed by atoms with Gasteiger partial charge in [-0.25, -0.2) is 0 Å². The maximum absolute atomic E-state index is 3.61. The predicted octanol–water partition coefficient (Wildman–Crippen LogP) is 2.58. The largest absolute Gasteiger partial charge is 0.367 e. The Morgan fingerprint density at radius 2 is 2.18 bits per heavy atom. The first-order valence-electron chi connectivity index (χ1n) is 6.92. The molecule has 2 heteroatoms. The lowest BCUT2D eigenvalue weighted by atomic mass is 9.96. The minimum atomic E-state index is 0.687. The van der Waals surface area contributed by atoms with Gasteiger partial charge in [-0.15, -0.1) is 0 Å². The molecule has 0 amide bonds. The van der Waals surface area contributed by atoms with Gasteiger partial charge in [-0.3, -0.25) is 0 Å². The Balaban J connectivity index is 1.81. The fourth-order valence-electron chi connectivity index (χ4n) is 3.19. The normalized spacial score (nSPS) is 28.2. The number of hydrogen-bond donors (Lipinski definition) is 1. The lowest BCUT2D eigenvalue weighted by Gasteiger charge is -2.38. The Bertz CT molecular complexity index is 382. The number of hydrogen-bond acceptors (Lipinski definition) is 2. The lowest BCUT2D eigenvalue weighted by Crippen LogP contribution is -2.44. The topological polar surface area (TPSA) is 15.3 Å². The molecule has 2 aliphatic heterocycles. The van der Waals surface area contributed by atoms with Gasteiger partial charge in [-0.05, 0) is 50.8 Å². The van der Waals surface area contributed by atoms with E-state index in [1.165, 1.54) is 50.0 Å². The predicted molar refractivity (Wildman–Crippen MR) is 72.6 cm³/mol. The molecule has 1 saturated heterocycles. The van der Waals surface area contributed by atoms with Crippen molar-refractivity contribution in [2.24, 2.45) is 0 Å². The highest BCUT2D eigenvalue weighted by molar-refractivity contribution is 5.56. The molecule has 1 fully saturated rings. The first-order valence-corrected chi connectivity index (χ1v) is 6.92. The van der Waals surface area contributed by atoms with Crippen molar-refractivity contribution in [3.63, 3.8) is 0 Å². The van der Waals surface area contributed by atoms with Crippen LogP contribution in [0.5, 0.6) is 0 Å². The molecule has 2 aliphatic rings. The molecule has 1 aromatic carbocycles. The zero-order valence-corrected chi connectivity index (χ0v) is 10.7. The summed E-state index contributed by atoms with van der Waals surface area (Å²) in [6.07, 6.45) is 5.22. The second-order valence-corrected chi connectivity index (χ2v) is 5.46. The number of fused-ring (bicyclic) bond motifs is 1. The van der Waals surface area contributed by atoms with Crippen molar-refractivity contribution in [1.82, 2.24) is 5.32 Å². The van der Waals surface area contributed by atoms with Gasteiger partial charge in [0, 0.05) is 24.3 Å². The number of para-hydroxylation sites is 1. The molecule has 17 heavy (non-hydrogen) atoms. The van der Waals surface area contributed by atoms with Crippen LogP contribution in [0.3, 0.4) is 0 Å². The summed E-state index contributed by atoms with van der Waals surface area (Å²) in [6, 6.07) is 10.3. The van der Waals surface area contributed by atoms with Gasteiger partial charge < -0.3 is 10.2 Å². The first kappa shape index (κ1) is 11.1. The van der Waals surface area contributed by atoms with Crippen LogP contribution in [0, 0.1) is 0 Å². The van der Waals surface area contributed by atoms with E-state index in [9.17, 15) is 0 Å². The summed E-state index contributed by atoms with van der Waals surface area (Å²) in [6.45, 7) is 4.75. The summed E-state index contributed by atoms with van der Waals surface area (Å²) in [4.78, 5) is 2.61. The molecular formula is C15H22N2. The van der Waals surface area contributed by atoms with Crippen LogP contribution in [0.4, 0.5) is 5.69 Å². The number of benzene rings is 1. The van der Waals surface area contributed by atoms with E-state index in [0.717, 1.165) is 0 Å². The van der Waals surface area contributed by atoms with Crippen LogP contribution in [0.2, 0.25) is 0 Å². The van der Waals surface area contributed by atoms with Crippen molar-refractivity contribution in [1.29, 1.82) is 0 Å². The Morgan fingerprint density at radius 3 is 3.00 bits per heavy atom. The van der Waals surface area contributed by atoms with Crippen LogP contribution in [-0.2, 0) is 6.42 Å². The van der Waals surface area contributed by atoms with Crippen LogP contribution in [0.15, 0.2) is 24.3 Å². The Hall–Kier alpha value is -1.02. The second-order valence-electron chi connectivity index (χ2n) is 5.46. The van der Waals surface area contributed by atoms with Crippen molar-refractivity contribution < 1.29 is 0 Å². The van der Waals surface area contributed by atoms with Crippen molar-refractivity contribution >= 4 is 5.69 Å². The highest BCUT2D eigenvalue weighted by Crippen LogP contribution is 2.30. The molecule has 0 aliphatic carbocycles. The van der Waals surface area contributed by atoms with E-state index in [4.69, 9.17) is 0 Å². The molecule has 1 aromatic rings. The highest BCUT2D eigenvalue weighted by Gasteiger charge is 2.26. The molecule has 2 heterocycles. The quantitative estimate of drug-likeness (QED) is 0.840. The van der Waals surface area contributed by atoms with E-state index in [1.54, 1.807) is 0 Å². The van der Waals surface area contributed by atoms with Crippen molar-refractivity contribution in [2.45, 2.75) is 44.7 Å². The highest BCUT2D eigenvalue weighted by atomic mass is 15.2. The van der Waals surface area contributed by atoms with E-state index in [-0.39, 0.29) is 0 Å². The van der Waals surface area contributed by atoms with Gasteiger partial charge in [-0.1, -0.05) is 18.2 Å². The Kier molecular flexibility index (Phi) is 3.06. The maximum Gasteiger partial charge on any atom is 0.0401 e. The lowest BCUT2D eigenvalue weighted by molar-refractivity contribution is 0.504. The Morgan fingerprint density at radius 1 is 1.29 bits per heavy atom. The zero-order chi connectivity index (χ0) is 11.7. The van der Waals surface area contributed by atoms with Gasteiger partial charge in [0.25, 0.3) is 0 Å². The first-order chi connectivity index (χ1) is 8.34. The van der Waals surface area contributed by atoms with Gasteiger partial charge in [-0.2, -0.15) is 0 Å². The van der Waals surface area contributed by atoms with E-state index >= 15 is 0 Å². The standard InChI is InChI=1S/C15H22N2/c1-12-8-9-13-5-2-3-7-15(13)17(12)11-14-6-4-10-16-14/h2-3,5,7,12,14,16H,4,6,8-11H2,1H3. The van der Waals surface area contributed by atoms with Crippen LogP contribution in [0.1, 0.15) is 31.7 Å². The molecule has 1 N–H and O–H groups in total. The van der Waals surface area contributed by atoms with E-state index < -0.39 is 0 Å². The van der Waals surface area contributed by atoms with E-state index in [2.05, 4.69) is 41.4 Å². The molecule has 0 spiro atoms. The molecule has 0 aromatic heterocycles. The fraction of sp³-hybridized carbons (Fsp3) is 0.600. The monoisotopic (exact) mass is 230 g/mol. The summed E-state index contributed by atoms with van der Waals surface area (Å²) in [5.74, 6) is 0. The number of aryl methyl sites for hydroxylation is 1. The van der Waals surface area contributed by atoms with Crippen LogP contribution in [-0.4, -0.2) is 25.2 Å². The molecular weight excluding hydrogens is 208 g/mol. The number of nitrogens with one attached hydrogen (secondary N) is 1. The number of nitrogens with zero attached hydrogens (tertiary/aromatic N) is 1. The number of anilines is 1. The molecule has 2 atom stereocenters. The third-order valence-electron chi connectivity index (χ3n) is 4.24. The van der Waals surface area contributed by atoms with Gasteiger partial charge >= 0.3 is 0 Å². The average molecular weight is 230 g/mol. The summed E-state index contributed by atoms with van der Waals surface area (Å²) in [5, 5.41) is 3.61. The van der Waals surface area contributed by atoms with Gasteiger partial charge in [0.05, 0.1) is 0 Å². The third kappa shape index (κ3) is 2.19. The smallest absolute Gasteiger partial charge is 0.0401 e. The summed E-state index contributed by atoms with van der Waals surface area (Å²) < 4.78 is 0. The van der Waals surface area contributed by atoms with Crippen LogP contribution in [0.25, 0.3) is 0 Å². The minimum Gasteiger partial charge on any atom is -0.367 e. The number of rotatable bonds is 2. The van der Waals surface area contributed by atoms with Crippen LogP contribution < -0.4 is 10.2 Å². The zero-order valence-electron chi connectivity index (χ0n) is 10.7. The van der Waals surface area contributed by atoms with E-state index in [1.807, 2.05) is 0 Å². The van der Waals surface area contributed by atoms with Gasteiger partial charge in [0.15, 0.2) is 0 Å². The molecule has 2 nitrogen and oxygen atoms in total. The molecule has 0 radical (unpaired) electrons. The summed E-state index contributed by atoms with van der Waals surface area (Å²) in [5.41, 5.74) is 3.00.